The van der Waals surface area contributed by atoms with Crippen LogP contribution in [0.3, 0.4) is 0 Å². The van der Waals surface area contributed by atoms with E-state index >= 15 is 0 Å². The maximum absolute atomic E-state index is 2.29. The molecule has 0 aromatic heterocycles. The second-order valence-corrected chi connectivity index (χ2v) is 5.90. The van der Waals surface area contributed by atoms with Crippen molar-refractivity contribution in [3.8, 4) is 0 Å². The van der Waals surface area contributed by atoms with Crippen molar-refractivity contribution in [2.24, 2.45) is 0 Å². The van der Waals surface area contributed by atoms with E-state index in [0.717, 1.165) is 12.8 Å². The van der Waals surface area contributed by atoms with E-state index in [4.69, 9.17) is 0 Å². The van der Waals surface area contributed by atoms with Gasteiger partial charge in [0.2, 0.25) is 0 Å². The quantitative estimate of drug-likeness (QED) is 0.430. The molecule has 25 heavy (non-hydrogen) atoms. The van der Waals surface area contributed by atoms with Crippen LogP contribution in [0.5, 0.6) is 0 Å². The minimum Gasteiger partial charge on any atom is -0.0683 e. The Bertz CT molecular complexity index is 455. The molecule has 0 unspecified atom stereocenters. The van der Waals surface area contributed by atoms with Crippen LogP contribution >= 0.6 is 0 Å². The van der Waals surface area contributed by atoms with Gasteiger partial charge in [0.1, 0.15) is 0 Å². The van der Waals surface area contributed by atoms with Crippen molar-refractivity contribution in [1.29, 1.82) is 0 Å². The molecule has 140 valence electrons. The lowest BCUT2D eigenvalue weighted by Crippen LogP contribution is -1.90. The molecule has 0 N–H and O–H groups in total. The van der Waals surface area contributed by atoms with E-state index in [0.29, 0.717) is 0 Å². The lowest BCUT2D eigenvalue weighted by Gasteiger charge is -2.05. The Balaban J connectivity index is 0.00000134. The van der Waals surface area contributed by atoms with Gasteiger partial charge >= 0.3 is 0 Å². The highest BCUT2D eigenvalue weighted by Gasteiger charge is 1.97. The molecule has 0 saturated heterocycles. The summed E-state index contributed by atoms with van der Waals surface area (Å²) in [5.41, 5.74) is 5.85. The molecule has 0 amide bonds. The van der Waals surface area contributed by atoms with Crippen molar-refractivity contribution in [2.75, 3.05) is 0 Å². The van der Waals surface area contributed by atoms with Crippen LogP contribution in [-0.2, 0) is 25.7 Å². The van der Waals surface area contributed by atoms with Crippen molar-refractivity contribution in [2.45, 2.75) is 86.5 Å². The molecule has 0 heteroatoms. The third-order valence-electron chi connectivity index (χ3n) is 4.29. The Labute approximate surface area is 157 Å². The highest BCUT2D eigenvalue weighted by Crippen LogP contribution is 2.12. The van der Waals surface area contributed by atoms with Crippen molar-refractivity contribution in [3.63, 3.8) is 0 Å². The summed E-state index contributed by atoms with van der Waals surface area (Å²) < 4.78 is 0. The van der Waals surface area contributed by atoms with Crippen molar-refractivity contribution >= 4 is 0 Å². The summed E-state index contributed by atoms with van der Waals surface area (Å²) in [6.07, 6.45) is 8.65. The largest absolute Gasteiger partial charge is 0.0683 e. The summed E-state index contributed by atoms with van der Waals surface area (Å²) in [4.78, 5) is 0. The smallest absolute Gasteiger partial charge is 0.0279 e. The van der Waals surface area contributed by atoms with Gasteiger partial charge in [-0.25, -0.2) is 0 Å². The number of rotatable bonds is 8. The molecular weight excluding hydrogens is 300 g/mol. The van der Waals surface area contributed by atoms with Crippen LogP contribution in [-0.4, -0.2) is 0 Å². The molecule has 2 aromatic rings. The van der Waals surface area contributed by atoms with Gasteiger partial charge in [0.25, 0.3) is 0 Å². The number of hydrogen-bond acceptors (Lipinski definition) is 0. The Morgan fingerprint density at radius 2 is 0.720 bits per heavy atom. The zero-order chi connectivity index (χ0) is 18.9. The minimum atomic E-state index is 1.14. The fourth-order valence-electron chi connectivity index (χ4n) is 2.72. The normalized spacial score (nSPS) is 9.52. The zero-order valence-corrected chi connectivity index (χ0v) is 17.6. The third-order valence-corrected chi connectivity index (χ3v) is 4.29. The summed E-state index contributed by atoms with van der Waals surface area (Å²) in [6.45, 7) is 12.4. The van der Waals surface area contributed by atoms with Crippen LogP contribution in [0.25, 0.3) is 0 Å². The van der Waals surface area contributed by atoms with Gasteiger partial charge in [-0.2, -0.15) is 0 Å². The molecule has 0 saturated carbocycles. The van der Waals surface area contributed by atoms with E-state index in [-0.39, 0.29) is 0 Å². The molecule has 0 bridgehead atoms. The van der Waals surface area contributed by atoms with E-state index in [1.165, 1.54) is 54.4 Å². The Morgan fingerprint density at radius 1 is 0.440 bits per heavy atom. The fourth-order valence-corrected chi connectivity index (χ4v) is 2.72. The standard InChI is InChI=1S/C21H28.2C2H6/c1-3-18-10-14-20(15-11-18)8-6-5-7-9-21-16-12-19(4-2)13-17-21;2*1-2/h10-17H,3-9H2,1-2H3;2*1-2H3. The predicted molar refractivity (Wildman–Crippen MR) is 116 cm³/mol. The van der Waals surface area contributed by atoms with Crippen LogP contribution in [0.15, 0.2) is 48.5 Å². The maximum atomic E-state index is 2.29. The highest BCUT2D eigenvalue weighted by molar-refractivity contribution is 5.23. The molecule has 0 fully saturated rings. The average Bonchev–Trinajstić information content (AvgIpc) is 2.71. The third kappa shape index (κ3) is 10.1. The molecule has 0 aliphatic carbocycles. The maximum Gasteiger partial charge on any atom is -0.0279 e. The lowest BCUT2D eigenvalue weighted by molar-refractivity contribution is 0.678. The minimum absolute atomic E-state index is 1.14. The number of aryl methyl sites for hydroxylation is 4. The summed E-state index contributed by atoms with van der Waals surface area (Å²) in [5, 5.41) is 0. The van der Waals surface area contributed by atoms with Gasteiger partial charge < -0.3 is 0 Å². The summed E-state index contributed by atoms with van der Waals surface area (Å²) in [5.74, 6) is 0. The van der Waals surface area contributed by atoms with Gasteiger partial charge in [-0.15, -0.1) is 0 Å². The fraction of sp³-hybridized carbons (Fsp3) is 0.520. The van der Waals surface area contributed by atoms with Gasteiger partial charge in [-0.1, -0.05) is 96.5 Å². The second kappa shape index (κ2) is 15.9. The van der Waals surface area contributed by atoms with Gasteiger partial charge in [0.15, 0.2) is 0 Å². The van der Waals surface area contributed by atoms with Gasteiger partial charge in [0, 0.05) is 0 Å². The topological polar surface area (TPSA) is 0 Å². The van der Waals surface area contributed by atoms with E-state index in [1.54, 1.807) is 0 Å². The predicted octanol–water partition coefficient (Wildman–Crippen LogP) is 7.82. The van der Waals surface area contributed by atoms with Crippen molar-refractivity contribution in [1.82, 2.24) is 0 Å². The van der Waals surface area contributed by atoms with Crippen molar-refractivity contribution in [3.05, 3.63) is 70.8 Å². The molecule has 0 atom stereocenters. The highest BCUT2D eigenvalue weighted by atomic mass is 14.0. The second-order valence-electron chi connectivity index (χ2n) is 5.90. The molecular formula is C25H40. The SMILES string of the molecule is CC.CC.CCc1ccc(CCCCCc2ccc(CC)cc2)cc1. The summed E-state index contributed by atoms with van der Waals surface area (Å²) >= 11 is 0. The van der Waals surface area contributed by atoms with Gasteiger partial charge in [-0.3, -0.25) is 0 Å². The number of benzene rings is 2. The molecule has 0 aliphatic heterocycles. The van der Waals surface area contributed by atoms with E-state index in [1.807, 2.05) is 27.7 Å². The van der Waals surface area contributed by atoms with Gasteiger partial charge in [0.05, 0.1) is 0 Å². The Hall–Kier alpha value is -1.56. The van der Waals surface area contributed by atoms with E-state index in [9.17, 15) is 0 Å². The van der Waals surface area contributed by atoms with Gasteiger partial charge in [-0.05, 0) is 60.8 Å². The first-order valence-electron chi connectivity index (χ1n) is 10.5. The first kappa shape index (κ1) is 23.4. The van der Waals surface area contributed by atoms with E-state index < -0.39 is 0 Å². The van der Waals surface area contributed by atoms with Crippen molar-refractivity contribution < 1.29 is 0 Å². The number of unbranched alkanes of at least 4 members (excludes halogenated alkanes) is 2. The molecule has 0 heterocycles. The monoisotopic (exact) mass is 340 g/mol. The van der Waals surface area contributed by atoms with Crippen LogP contribution in [0.2, 0.25) is 0 Å². The summed E-state index contributed by atoms with van der Waals surface area (Å²) in [6, 6.07) is 18.2. The Morgan fingerprint density at radius 3 is 1.00 bits per heavy atom. The molecule has 0 spiro atoms. The number of hydrogen-bond donors (Lipinski definition) is 0. The van der Waals surface area contributed by atoms with Crippen LogP contribution in [0, 0.1) is 0 Å². The molecule has 0 aliphatic rings. The molecule has 2 aromatic carbocycles. The van der Waals surface area contributed by atoms with Crippen LogP contribution in [0.4, 0.5) is 0 Å². The zero-order valence-electron chi connectivity index (χ0n) is 17.6. The molecule has 0 radical (unpaired) electrons. The first-order chi connectivity index (χ1) is 12.3. The summed E-state index contributed by atoms with van der Waals surface area (Å²) in [7, 11) is 0. The molecule has 0 nitrogen and oxygen atoms in total. The molecule has 2 rings (SSSR count). The Kier molecular flexibility index (Phi) is 14.9. The lowest BCUT2D eigenvalue weighted by atomic mass is 10.0. The van der Waals surface area contributed by atoms with E-state index in [2.05, 4.69) is 62.4 Å². The van der Waals surface area contributed by atoms with Crippen LogP contribution in [0.1, 0.15) is 83.1 Å². The first-order valence-corrected chi connectivity index (χ1v) is 10.5. The average molecular weight is 341 g/mol. The van der Waals surface area contributed by atoms with Crippen LogP contribution < -0.4 is 0 Å².